The van der Waals surface area contributed by atoms with Crippen LogP contribution < -0.4 is 10.2 Å². The summed E-state index contributed by atoms with van der Waals surface area (Å²) in [5, 5.41) is 11.0. The number of ether oxygens (including phenoxy) is 1. The van der Waals surface area contributed by atoms with Crippen LogP contribution in [0.3, 0.4) is 0 Å². The highest BCUT2D eigenvalue weighted by Crippen LogP contribution is 2.41. The zero-order valence-electron chi connectivity index (χ0n) is 21.2. The highest BCUT2D eigenvalue weighted by atomic mass is 19.1. The van der Waals surface area contributed by atoms with Gasteiger partial charge in [0, 0.05) is 50.5 Å². The Morgan fingerprint density at radius 3 is 2.53 bits per heavy atom. The molecule has 3 aliphatic rings. The van der Waals surface area contributed by atoms with E-state index in [0.29, 0.717) is 43.0 Å². The molecular formula is C29H30FN3O5. The van der Waals surface area contributed by atoms with E-state index in [1.807, 2.05) is 36.4 Å². The Labute approximate surface area is 220 Å². The quantitative estimate of drug-likeness (QED) is 0.503. The number of carbonyl (C=O) groups excluding carboxylic acids is 3. The topological polar surface area (TPSA) is 99.2 Å². The molecule has 38 heavy (non-hydrogen) atoms. The van der Waals surface area contributed by atoms with Gasteiger partial charge in [-0.3, -0.25) is 29.5 Å². The van der Waals surface area contributed by atoms with E-state index < -0.39 is 11.9 Å². The van der Waals surface area contributed by atoms with Crippen molar-refractivity contribution >= 4 is 34.2 Å². The summed E-state index contributed by atoms with van der Waals surface area (Å²) in [5.41, 5.74) is 3.62. The average Bonchev–Trinajstić information content (AvgIpc) is 3.21. The first-order valence-electron chi connectivity index (χ1n) is 12.7. The summed E-state index contributed by atoms with van der Waals surface area (Å²) in [6.07, 6.45) is 0.866. The van der Waals surface area contributed by atoms with Crippen LogP contribution in [0.1, 0.15) is 39.9 Å². The van der Waals surface area contributed by atoms with E-state index in [0.717, 1.165) is 42.1 Å². The van der Waals surface area contributed by atoms with Gasteiger partial charge in [-0.25, -0.2) is 4.39 Å². The van der Waals surface area contributed by atoms with Crippen molar-refractivity contribution in [2.75, 3.05) is 38.3 Å². The molecule has 0 unspecified atom stereocenters. The van der Waals surface area contributed by atoms with Crippen molar-refractivity contribution in [1.29, 1.82) is 0 Å². The Morgan fingerprint density at radius 2 is 1.79 bits per heavy atom. The number of nitrogens with one attached hydrogen (secondary N) is 1. The molecule has 2 saturated heterocycles. The fraction of sp³-hybridized carbons (Fsp3) is 0.345. The van der Waals surface area contributed by atoms with Gasteiger partial charge in [0.15, 0.2) is 0 Å². The van der Waals surface area contributed by atoms with E-state index in [-0.39, 0.29) is 30.5 Å². The van der Waals surface area contributed by atoms with Gasteiger partial charge < -0.3 is 9.84 Å². The summed E-state index contributed by atoms with van der Waals surface area (Å²) in [7, 11) is 1.00. The van der Waals surface area contributed by atoms with Gasteiger partial charge in [-0.05, 0) is 46.7 Å². The summed E-state index contributed by atoms with van der Waals surface area (Å²) in [6, 6.07) is 13.9. The number of aliphatic hydroxyl groups is 1. The average molecular weight is 520 g/mol. The lowest BCUT2D eigenvalue weighted by atomic mass is 9.95. The van der Waals surface area contributed by atoms with Crippen LogP contribution >= 0.6 is 0 Å². The van der Waals surface area contributed by atoms with Crippen LogP contribution in [-0.4, -0.2) is 67.2 Å². The van der Waals surface area contributed by atoms with Crippen LogP contribution in [0.25, 0.3) is 10.8 Å². The molecule has 198 valence electrons. The minimum Gasteiger partial charge on any atom is -0.400 e. The largest absolute Gasteiger partial charge is 0.400 e. The lowest BCUT2D eigenvalue weighted by molar-refractivity contribution is -0.134. The third-order valence-corrected chi connectivity index (χ3v) is 7.35. The van der Waals surface area contributed by atoms with Gasteiger partial charge in [0.1, 0.15) is 11.9 Å². The van der Waals surface area contributed by atoms with E-state index in [2.05, 4.69) is 10.2 Å². The maximum atomic E-state index is 15.1. The maximum Gasteiger partial charge on any atom is 0.259 e. The fourth-order valence-electron chi connectivity index (χ4n) is 5.51. The van der Waals surface area contributed by atoms with Gasteiger partial charge in [-0.2, -0.15) is 0 Å². The van der Waals surface area contributed by atoms with E-state index in [9.17, 15) is 14.4 Å². The van der Waals surface area contributed by atoms with Crippen molar-refractivity contribution in [2.24, 2.45) is 0 Å². The van der Waals surface area contributed by atoms with E-state index >= 15 is 4.39 Å². The Bertz CT molecular complexity index is 1400. The van der Waals surface area contributed by atoms with Crippen molar-refractivity contribution in [3.8, 4) is 0 Å². The zero-order valence-corrected chi connectivity index (χ0v) is 21.2. The zero-order chi connectivity index (χ0) is 26.8. The molecule has 3 aliphatic heterocycles. The number of hydrogen-bond acceptors (Lipinski definition) is 6. The number of piperidine rings is 1. The van der Waals surface area contributed by atoms with Crippen molar-refractivity contribution in [3.63, 3.8) is 0 Å². The molecule has 0 radical (unpaired) electrons. The van der Waals surface area contributed by atoms with Crippen LogP contribution in [-0.2, 0) is 27.3 Å². The molecule has 8 nitrogen and oxygen atoms in total. The minimum atomic E-state index is -0.729. The molecule has 3 aromatic carbocycles. The summed E-state index contributed by atoms with van der Waals surface area (Å²) >= 11 is 0. The van der Waals surface area contributed by atoms with Gasteiger partial charge >= 0.3 is 0 Å². The van der Waals surface area contributed by atoms with Crippen LogP contribution in [0.5, 0.6) is 0 Å². The van der Waals surface area contributed by atoms with Crippen molar-refractivity contribution in [2.45, 2.75) is 31.8 Å². The monoisotopic (exact) mass is 519 g/mol. The molecule has 2 N–H and O–H groups in total. The van der Waals surface area contributed by atoms with Crippen LogP contribution in [0.15, 0.2) is 48.5 Å². The van der Waals surface area contributed by atoms with E-state index in [1.165, 1.54) is 4.90 Å². The second kappa shape index (κ2) is 11.0. The van der Waals surface area contributed by atoms with Crippen molar-refractivity contribution < 1.29 is 28.6 Å². The molecule has 3 amide bonds. The predicted molar refractivity (Wildman–Crippen MR) is 140 cm³/mol. The summed E-state index contributed by atoms with van der Waals surface area (Å²) in [6.45, 7) is 3.79. The highest BCUT2D eigenvalue weighted by Gasteiger charge is 2.40. The second-order valence-electron chi connectivity index (χ2n) is 9.61. The lowest BCUT2D eigenvalue weighted by Gasteiger charge is -2.30. The molecule has 9 heteroatoms. The molecule has 0 aromatic heterocycles. The van der Waals surface area contributed by atoms with Crippen molar-refractivity contribution in [3.05, 3.63) is 76.6 Å². The van der Waals surface area contributed by atoms with Crippen LogP contribution in [0.2, 0.25) is 0 Å². The predicted octanol–water partition coefficient (Wildman–Crippen LogP) is 2.78. The third kappa shape index (κ3) is 4.80. The first-order valence-corrected chi connectivity index (χ1v) is 12.7. The molecule has 2 fully saturated rings. The number of morpholine rings is 1. The first kappa shape index (κ1) is 26.0. The number of imide groups is 1. The fourth-order valence-corrected chi connectivity index (χ4v) is 5.51. The number of anilines is 1. The number of halogens is 1. The number of carbonyl (C=O) groups is 3. The number of rotatable bonds is 5. The molecular weight excluding hydrogens is 489 g/mol. The van der Waals surface area contributed by atoms with E-state index in [1.54, 1.807) is 12.1 Å². The second-order valence-corrected chi connectivity index (χ2v) is 9.61. The van der Waals surface area contributed by atoms with Gasteiger partial charge in [0.25, 0.3) is 5.91 Å². The number of hydrogen-bond donors (Lipinski definition) is 2. The molecule has 0 spiro atoms. The Balaban J connectivity index is 0.00000144. The molecule has 0 saturated carbocycles. The molecule has 3 aromatic rings. The first-order chi connectivity index (χ1) is 18.5. The van der Waals surface area contributed by atoms with Gasteiger partial charge in [-0.1, -0.05) is 30.3 Å². The molecule has 1 atom stereocenters. The third-order valence-electron chi connectivity index (χ3n) is 7.35. The summed E-state index contributed by atoms with van der Waals surface area (Å²) in [5.74, 6) is -1.27. The molecule has 3 heterocycles. The maximum absolute atomic E-state index is 15.1. The molecule has 0 bridgehead atoms. The summed E-state index contributed by atoms with van der Waals surface area (Å²) < 4.78 is 20.5. The Morgan fingerprint density at radius 1 is 1.03 bits per heavy atom. The van der Waals surface area contributed by atoms with Gasteiger partial charge in [0.2, 0.25) is 11.8 Å². The number of benzene rings is 3. The standard InChI is InChI=1S/C28H26FN3O4.CH4O/c29-22-14-17(16-31-10-12-36-13-11-31)4-5-19(22)15-18-6-7-23-26-20(18)2-1-3-21(26)28(35)32(23)24-8-9-25(33)30-27(24)34;1-2/h1-7,14,24H,8-13,15-16H2,(H,30,33,34);2H,1H3/t24-;/m0./s1. The van der Waals surface area contributed by atoms with Gasteiger partial charge in [0.05, 0.1) is 18.9 Å². The number of amides is 3. The lowest BCUT2D eigenvalue weighted by Crippen LogP contribution is -2.53. The Kier molecular flexibility index (Phi) is 7.51. The van der Waals surface area contributed by atoms with Gasteiger partial charge in [-0.15, -0.1) is 0 Å². The van der Waals surface area contributed by atoms with Crippen molar-refractivity contribution in [1.82, 2.24) is 10.2 Å². The molecule has 6 rings (SSSR count). The summed E-state index contributed by atoms with van der Waals surface area (Å²) in [4.78, 5) is 41.2. The highest BCUT2D eigenvalue weighted by molar-refractivity contribution is 6.27. The Hall–Kier alpha value is -3.66. The SMILES string of the molecule is CO.O=C1CC[C@H](N2C(=O)c3cccc4c(Cc5ccc(CN6CCOCC6)cc5F)ccc2c34)C(=O)N1. The van der Waals surface area contributed by atoms with E-state index in [4.69, 9.17) is 9.84 Å². The number of nitrogens with zero attached hydrogens (tertiary/aromatic N) is 2. The molecule has 0 aliphatic carbocycles. The number of aliphatic hydroxyl groups excluding tert-OH is 1. The smallest absolute Gasteiger partial charge is 0.259 e. The van der Waals surface area contributed by atoms with Crippen LogP contribution in [0, 0.1) is 5.82 Å². The minimum absolute atomic E-state index is 0.193. The normalized spacial score (nSPS) is 19.4. The van der Waals surface area contributed by atoms with Crippen LogP contribution in [0.4, 0.5) is 10.1 Å².